The molecule has 1 fully saturated rings. The molecule has 2 rings (SSSR count). The molecule has 2 unspecified atom stereocenters. The highest BCUT2D eigenvalue weighted by Gasteiger charge is 2.33. The number of nitrogens with one attached hydrogen (secondary N) is 2. The molecule has 1 aromatic carbocycles. The third-order valence-electron chi connectivity index (χ3n) is 3.45. The third-order valence-corrected chi connectivity index (χ3v) is 4.38. The highest BCUT2D eigenvalue weighted by Crippen LogP contribution is 2.28. The molecule has 0 bridgehead atoms. The van der Waals surface area contributed by atoms with Crippen molar-refractivity contribution in [2.45, 2.75) is 37.8 Å². The van der Waals surface area contributed by atoms with E-state index in [1.165, 1.54) is 18.6 Å². The van der Waals surface area contributed by atoms with E-state index in [1.807, 2.05) is 6.92 Å². The van der Waals surface area contributed by atoms with Crippen molar-refractivity contribution in [2.75, 3.05) is 6.54 Å². The van der Waals surface area contributed by atoms with Crippen LogP contribution in [0.2, 0.25) is 0 Å². The van der Waals surface area contributed by atoms with Gasteiger partial charge in [-0.25, -0.2) is 18.5 Å². The molecule has 1 saturated carbocycles. The minimum absolute atomic E-state index is 0. The topological polar surface area (TPSA) is 96.6 Å². The van der Waals surface area contributed by atoms with Crippen LogP contribution in [0, 0.1) is 5.92 Å². The van der Waals surface area contributed by atoms with Crippen LogP contribution >= 0.6 is 24.0 Å². The highest BCUT2D eigenvalue weighted by molar-refractivity contribution is 14.0. The average Bonchev–Trinajstić information content (AvgIpc) is 3.11. The number of aliphatic imine (C=N–C) groups is 1. The fourth-order valence-electron chi connectivity index (χ4n) is 1.97. The summed E-state index contributed by atoms with van der Waals surface area (Å²) in [6.07, 6.45) is 1.17. The first kappa shape index (κ1) is 19.2. The lowest BCUT2D eigenvalue weighted by atomic mass is 10.2. The average molecular weight is 438 g/mol. The van der Waals surface area contributed by atoms with Crippen LogP contribution < -0.4 is 15.8 Å². The molecule has 0 spiro atoms. The van der Waals surface area contributed by atoms with Gasteiger partial charge in [-0.05, 0) is 37.0 Å². The lowest BCUT2D eigenvalue weighted by molar-refractivity contribution is 0.598. The van der Waals surface area contributed by atoms with Crippen molar-refractivity contribution in [1.82, 2.24) is 10.6 Å². The van der Waals surface area contributed by atoms with Gasteiger partial charge in [0.2, 0.25) is 10.0 Å². The van der Waals surface area contributed by atoms with Crippen LogP contribution in [0.3, 0.4) is 0 Å². The fraction of sp³-hybridized carbons (Fsp3) is 0.500. The second-order valence-electron chi connectivity index (χ2n) is 5.35. The summed E-state index contributed by atoms with van der Waals surface area (Å²) in [6, 6.07) is 6.97. The van der Waals surface area contributed by atoms with Crippen molar-refractivity contribution in [3.63, 3.8) is 0 Å². The Bertz CT molecular complexity index is 616. The molecular weight excluding hydrogens is 415 g/mol. The maximum atomic E-state index is 11.2. The summed E-state index contributed by atoms with van der Waals surface area (Å²) in [6.45, 7) is 5.51. The molecule has 1 aliphatic rings. The van der Waals surface area contributed by atoms with Gasteiger partial charge in [-0.2, -0.15) is 0 Å². The third kappa shape index (κ3) is 5.73. The van der Waals surface area contributed by atoms with Crippen LogP contribution in [0.5, 0.6) is 0 Å². The van der Waals surface area contributed by atoms with Crippen LogP contribution in [-0.4, -0.2) is 27.0 Å². The van der Waals surface area contributed by atoms with Crippen molar-refractivity contribution in [2.24, 2.45) is 16.0 Å². The molecule has 2 atom stereocenters. The monoisotopic (exact) mass is 438 g/mol. The Morgan fingerprint density at radius 3 is 2.41 bits per heavy atom. The van der Waals surface area contributed by atoms with Gasteiger partial charge in [-0.1, -0.05) is 19.1 Å². The van der Waals surface area contributed by atoms with Crippen molar-refractivity contribution in [3.05, 3.63) is 29.8 Å². The molecule has 124 valence electrons. The van der Waals surface area contributed by atoms with Crippen molar-refractivity contribution in [1.29, 1.82) is 0 Å². The Hall–Kier alpha value is -0.870. The Kier molecular flexibility index (Phi) is 7.07. The second kappa shape index (κ2) is 8.11. The van der Waals surface area contributed by atoms with Gasteiger partial charge in [0.25, 0.3) is 0 Å². The van der Waals surface area contributed by atoms with E-state index in [1.54, 1.807) is 12.1 Å². The van der Waals surface area contributed by atoms with Gasteiger partial charge in [0.15, 0.2) is 5.96 Å². The van der Waals surface area contributed by atoms with Crippen molar-refractivity contribution in [3.8, 4) is 0 Å². The molecule has 4 N–H and O–H groups in total. The molecule has 8 heteroatoms. The van der Waals surface area contributed by atoms with Crippen LogP contribution in [0.1, 0.15) is 25.8 Å². The van der Waals surface area contributed by atoms with Crippen LogP contribution in [0.4, 0.5) is 0 Å². The zero-order chi connectivity index (χ0) is 15.5. The van der Waals surface area contributed by atoms with Crippen LogP contribution in [0.15, 0.2) is 34.2 Å². The van der Waals surface area contributed by atoms with E-state index in [2.05, 4.69) is 22.5 Å². The van der Waals surface area contributed by atoms with E-state index in [-0.39, 0.29) is 28.9 Å². The van der Waals surface area contributed by atoms with Gasteiger partial charge < -0.3 is 10.6 Å². The van der Waals surface area contributed by atoms with Gasteiger partial charge in [-0.3, -0.25) is 0 Å². The van der Waals surface area contributed by atoms with Crippen molar-refractivity contribution < 1.29 is 8.42 Å². The number of rotatable bonds is 5. The largest absolute Gasteiger partial charge is 0.357 e. The zero-order valence-electron chi connectivity index (χ0n) is 12.7. The molecule has 0 aliphatic heterocycles. The number of guanidine groups is 1. The van der Waals surface area contributed by atoms with Crippen LogP contribution in [0.25, 0.3) is 0 Å². The Morgan fingerprint density at radius 1 is 1.36 bits per heavy atom. The summed E-state index contributed by atoms with van der Waals surface area (Å²) in [5.41, 5.74) is 0.934. The van der Waals surface area contributed by atoms with E-state index in [4.69, 9.17) is 5.14 Å². The molecule has 1 aliphatic carbocycles. The number of nitrogens with two attached hydrogens (primary N) is 1. The number of halogens is 1. The van der Waals surface area contributed by atoms with Gasteiger partial charge >= 0.3 is 0 Å². The minimum Gasteiger partial charge on any atom is -0.357 e. The van der Waals surface area contributed by atoms with Gasteiger partial charge in [-0.15, -0.1) is 24.0 Å². The summed E-state index contributed by atoms with van der Waals surface area (Å²) in [5, 5.41) is 11.6. The molecule has 6 nitrogen and oxygen atoms in total. The maximum absolute atomic E-state index is 11.2. The number of hydrogen-bond acceptors (Lipinski definition) is 3. The van der Waals surface area contributed by atoms with E-state index in [9.17, 15) is 8.42 Å². The molecule has 0 amide bonds. The van der Waals surface area contributed by atoms with E-state index in [0.29, 0.717) is 18.5 Å². The molecule has 0 saturated heterocycles. The van der Waals surface area contributed by atoms with Gasteiger partial charge in [0, 0.05) is 12.6 Å². The summed E-state index contributed by atoms with van der Waals surface area (Å²) < 4.78 is 22.4. The predicted molar refractivity (Wildman–Crippen MR) is 98.8 cm³/mol. The first-order valence-electron chi connectivity index (χ1n) is 7.06. The van der Waals surface area contributed by atoms with Gasteiger partial charge in [0.1, 0.15) is 0 Å². The molecule has 22 heavy (non-hydrogen) atoms. The number of nitrogens with zero attached hydrogens (tertiary/aromatic N) is 1. The molecule has 0 aromatic heterocycles. The minimum atomic E-state index is -3.63. The summed E-state index contributed by atoms with van der Waals surface area (Å²) in [7, 11) is -3.63. The zero-order valence-corrected chi connectivity index (χ0v) is 15.9. The predicted octanol–water partition coefficient (Wildman–Crippen LogP) is 1.42. The SMILES string of the molecule is CCNC(=NCc1ccc(S(N)(=O)=O)cc1)NC1CC1C.I. The summed E-state index contributed by atoms with van der Waals surface area (Å²) >= 11 is 0. The van der Waals surface area contributed by atoms with E-state index >= 15 is 0 Å². The lowest BCUT2D eigenvalue weighted by Gasteiger charge is -2.10. The Morgan fingerprint density at radius 2 is 1.95 bits per heavy atom. The van der Waals surface area contributed by atoms with Gasteiger partial charge in [0.05, 0.1) is 11.4 Å². The molecule has 0 heterocycles. The molecule has 1 aromatic rings. The van der Waals surface area contributed by atoms with Crippen molar-refractivity contribution >= 4 is 40.0 Å². The Labute approximate surface area is 149 Å². The van der Waals surface area contributed by atoms with Crippen LogP contribution in [-0.2, 0) is 16.6 Å². The second-order valence-corrected chi connectivity index (χ2v) is 6.91. The first-order chi connectivity index (χ1) is 9.90. The standard InChI is InChI=1S/C14H22N4O2S.HI/c1-3-16-14(18-13-8-10(13)2)17-9-11-4-6-12(7-5-11)21(15,19)20;/h4-7,10,13H,3,8-9H2,1-2H3,(H2,15,19,20)(H2,16,17,18);1H. The maximum Gasteiger partial charge on any atom is 0.238 e. The van der Waals surface area contributed by atoms with E-state index < -0.39 is 10.0 Å². The molecule has 0 radical (unpaired) electrons. The first-order valence-corrected chi connectivity index (χ1v) is 8.61. The summed E-state index contributed by atoms with van der Waals surface area (Å²) in [5.74, 6) is 1.49. The highest BCUT2D eigenvalue weighted by atomic mass is 127. The normalized spacial score (nSPS) is 21.0. The number of primary sulfonamides is 1. The smallest absolute Gasteiger partial charge is 0.238 e. The number of benzene rings is 1. The lowest BCUT2D eigenvalue weighted by Crippen LogP contribution is -2.39. The quantitative estimate of drug-likeness (QED) is 0.368. The Balaban J connectivity index is 0.00000242. The summed E-state index contributed by atoms with van der Waals surface area (Å²) in [4.78, 5) is 4.62. The molecular formula is C14H23IN4O2S. The van der Waals surface area contributed by atoms with E-state index in [0.717, 1.165) is 18.1 Å². The number of sulfonamides is 1. The fourth-order valence-corrected chi connectivity index (χ4v) is 2.49. The number of hydrogen-bond donors (Lipinski definition) is 3.